The summed E-state index contributed by atoms with van der Waals surface area (Å²) < 4.78 is 25.3. The van der Waals surface area contributed by atoms with Crippen LogP contribution in [0.4, 0.5) is 8.78 Å². The van der Waals surface area contributed by atoms with Crippen LogP contribution >= 0.6 is 0 Å². The van der Waals surface area contributed by atoms with Crippen LogP contribution in [0.2, 0.25) is 0 Å². The van der Waals surface area contributed by atoms with E-state index in [-0.39, 0.29) is 5.56 Å². The zero-order valence-corrected chi connectivity index (χ0v) is 15.1. The molecule has 0 radical (unpaired) electrons. The third-order valence-corrected chi connectivity index (χ3v) is 5.69. The van der Waals surface area contributed by atoms with E-state index in [0.29, 0.717) is 5.92 Å². The molecule has 0 spiro atoms. The van der Waals surface area contributed by atoms with Crippen LogP contribution in [-0.4, -0.2) is 0 Å². The molecule has 0 nitrogen and oxygen atoms in total. The first-order valence-corrected chi connectivity index (χ1v) is 9.65. The molecule has 2 aromatic carbocycles. The van der Waals surface area contributed by atoms with E-state index >= 15 is 0 Å². The molecule has 0 amide bonds. The van der Waals surface area contributed by atoms with Crippen LogP contribution in [0.25, 0.3) is 11.1 Å². The summed E-state index contributed by atoms with van der Waals surface area (Å²) in [6.07, 6.45) is 7.01. The highest BCUT2D eigenvalue weighted by molar-refractivity contribution is 5.64. The Labute approximate surface area is 150 Å². The van der Waals surface area contributed by atoms with Gasteiger partial charge in [0.1, 0.15) is 0 Å². The smallest absolute Gasteiger partial charge is 0.205 e. The second kappa shape index (κ2) is 8.60. The first-order chi connectivity index (χ1) is 12.2. The van der Waals surface area contributed by atoms with Crippen molar-refractivity contribution in [3.63, 3.8) is 0 Å². The molecule has 1 fully saturated rings. The summed E-state index contributed by atoms with van der Waals surface area (Å²) >= 11 is 0. The summed E-state index contributed by atoms with van der Waals surface area (Å²) in [4.78, 5) is 0. The minimum Gasteiger partial charge on any atom is -0.205 e. The van der Waals surface area contributed by atoms with Crippen molar-refractivity contribution in [2.75, 3.05) is 0 Å². The Balaban J connectivity index is 1.61. The SMILES string of the molecule is CCCCC1CCC(c2ccc(-c3ccc(C(F)F)cc3)cc2)CC1. The van der Waals surface area contributed by atoms with Gasteiger partial charge in [-0.05, 0) is 54.2 Å². The van der Waals surface area contributed by atoms with Gasteiger partial charge in [-0.25, -0.2) is 8.78 Å². The Morgan fingerprint density at radius 1 is 0.840 bits per heavy atom. The van der Waals surface area contributed by atoms with Crippen molar-refractivity contribution >= 4 is 0 Å². The molecule has 0 bridgehead atoms. The highest BCUT2D eigenvalue weighted by Crippen LogP contribution is 2.38. The number of hydrogen-bond acceptors (Lipinski definition) is 0. The Bertz CT molecular complexity index is 635. The lowest BCUT2D eigenvalue weighted by Crippen LogP contribution is -2.13. The molecular formula is C23H28F2. The summed E-state index contributed by atoms with van der Waals surface area (Å²) in [5.74, 6) is 1.62. The van der Waals surface area contributed by atoms with Gasteiger partial charge in [-0.15, -0.1) is 0 Å². The van der Waals surface area contributed by atoms with Gasteiger partial charge in [-0.1, -0.05) is 74.7 Å². The molecular weight excluding hydrogens is 314 g/mol. The van der Waals surface area contributed by atoms with Gasteiger partial charge in [0.25, 0.3) is 6.43 Å². The predicted octanol–water partition coefficient (Wildman–Crippen LogP) is 7.76. The lowest BCUT2D eigenvalue weighted by Gasteiger charge is -2.29. The molecule has 1 aliphatic carbocycles. The molecule has 3 rings (SSSR count). The van der Waals surface area contributed by atoms with Crippen LogP contribution in [0.3, 0.4) is 0 Å². The molecule has 1 saturated carbocycles. The molecule has 2 heteroatoms. The monoisotopic (exact) mass is 342 g/mol. The highest BCUT2D eigenvalue weighted by atomic mass is 19.3. The maximum absolute atomic E-state index is 12.7. The second-order valence-corrected chi connectivity index (χ2v) is 7.40. The fraction of sp³-hybridized carbons (Fsp3) is 0.478. The van der Waals surface area contributed by atoms with Crippen molar-refractivity contribution in [1.82, 2.24) is 0 Å². The molecule has 0 N–H and O–H groups in total. The average Bonchev–Trinajstić information content (AvgIpc) is 2.67. The topological polar surface area (TPSA) is 0 Å². The summed E-state index contributed by atoms with van der Waals surface area (Å²) in [5, 5.41) is 0. The van der Waals surface area contributed by atoms with Gasteiger partial charge in [0.2, 0.25) is 0 Å². The molecule has 0 aromatic heterocycles. The van der Waals surface area contributed by atoms with Crippen molar-refractivity contribution in [3.8, 4) is 11.1 Å². The molecule has 2 aromatic rings. The van der Waals surface area contributed by atoms with E-state index in [0.717, 1.165) is 17.0 Å². The van der Waals surface area contributed by atoms with Gasteiger partial charge < -0.3 is 0 Å². The Morgan fingerprint density at radius 3 is 1.92 bits per heavy atom. The van der Waals surface area contributed by atoms with E-state index in [1.807, 2.05) is 0 Å². The summed E-state index contributed by atoms with van der Waals surface area (Å²) in [6, 6.07) is 15.3. The maximum atomic E-state index is 12.7. The fourth-order valence-corrected chi connectivity index (χ4v) is 4.05. The number of halogens is 2. The van der Waals surface area contributed by atoms with Gasteiger partial charge in [0.15, 0.2) is 0 Å². The summed E-state index contributed by atoms with van der Waals surface area (Å²) in [5.41, 5.74) is 3.61. The molecule has 25 heavy (non-hydrogen) atoms. The van der Waals surface area contributed by atoms with E-state index in [9.17, 15) is 8.78 Å². The normalized spacial score (nSPS) is 20.8. The third kappa shape index (κ3) is 4.68. The van der Waals surface area contributed by atoms with Crippen LogP contribution in [-0.2, 0) is 0 Å². The number of benzene rings is 2. The van der Waals surface area contributed by atoms with Gasteiger partial charge >= 0.3 is 0 Å². The first-order valence-electron chi connectivity index (χ1n) is 9.65. The van der Waals surface area contributed by atoms with E-state index in [1.165, 1.54) is 62.6 Å². The van der Waals surface area contributed by atoms with Crippen molar-refractivity contribution in [3.05, 3.63) is 59.7 Å². The fourth-order valence-electron chi connectivity index (χ4n) is 4.05. The second-order valence-electron chi connectivity index (χ2n) is 7.40. The Kier molecular flexibility index (Phi) is 6.23. The molecule has 0 heterocycles. The van der Waals surface area contributed by atoms with Crippen LogP contribution in [0.1, 0.15) is 75.3 Å². The average molecular weight is 342 g/mol. The van der Waals surface area contributed by atoms with Gasteiger partial charge in [-0.3, -0.25) is 0 Å². The van der Waals surface area contributed by atoms with Crippen LogP contribution in [0.15, 0.2) is 48.5 Å². The molecule has 0 atom stereocenters. The van der Waals surface area contributed by atoms with Crippen LogP contribution < -0.4 is 0 Å². The number of hydrogen-bond donors (Lipinski definition) is 0. The van der Waals surface area contributed by atoms with Gasteiger partial charge in [-0.2, -0.15) is 0 Å². The van der Waals surface area contributed by atoms with E-state index in [2.05, 4.69) is 31.2 Å². The zero-order valence-electron chi connectivity index (χ0n) is 15.1. The molecule has 0 saturated heterocycles. The maximum Gasteiger partial charge on any atom is 0.263 e. The quantitative estimate of drug-likeness (QED) is 0.503. The molecule has 0 aliphatic heterocycles. The van der Waals surface area contributed by atoms with Crippen molar-refractivity contribution in [2.24, 2.45) is 5.92 Å². The largest absolute Gasteiger partial charge is 0.263 e. The van der Waals surface area contributed by atoms with Crippen LogP contribution in [0, 0.1) is 5.92 Å². The lowest BCUT2D eigenvalue weighted by molar-refractivity contribution is 0.151. The van der Waals surface area contributed by atoms with Crippen molar-refractivity contribution in [1.29, 1.82) is 0 Å². The minimum atomic E-state index is -2.40. The molecule has 134 valence electrons. The summed E-state index contributed by atoms with van der Waals surface area (Å²) in [7, 11) is 0. The number of alkyl halides is 2. The van der Waals surface area contributed by atoms with E-state index < -0.39 is 6.43 Å². The lowest BCUT2D eigenvalue weighted by atomic mass is 9.77. The van der Waals surface area contributed by atoms with Crippen molar-refractivity contribution in [2.45, 2.75) is 64.2 Å². The molecule has 0 unspecified atom stereocenters. The predicted molar refractivity (Wildman–Crippen MR) is 101 cm³/mol. The van der Waals surface area contributed by atoms with Crippen LogP contribution in [0.5, 0.6) is 0 Å². The standard InChI is InChI=1S/C23H28F2/c1-2-3-4-17-5-7-18(8-6-17)19-9-11-20(12-10-19)21-13-15-22(16-14-21)23(24)25/h9-18,23H,2-8H2,1H3. The highest BCUT2D eigenvalue weighted by Gasteiger charge is 2.21. The van der Waals surface area contributed by atoms with Crippen molar-refractivity contribution < 1.29 is 8.78 Å². The Morgan fingerprint density at radius 2 is 1.40 bits per heavy atom. The molecule has 1 aliphatic rings. The Hall–Kier alpha value is -1.70. The van der Waals surface area contributed by atoms with E-state index in [4.69, 9.17) is 0 Å². The first kappa shape index (κ1) is 18.1. The number of rotatable bonds is 6. The van der Waals surface area contributed by atoms with E-state index in [1.54, 1.807) is 12.1 Å². The summed E-state index contributed by atoms with van der Waals surface area (Å²) in [6.45, 7) is 2.27. The number of unbranched alkanes of at least 4 members (excludes halogenated alkanes) is 1. The van der Waals surface area contributed by atoms with Gasteiger partial charge in [0, 0.05) is 5.56 Å². The third-order valence-electron chi connectivity index (χ3n) is 5.69. The zero-order chi connectivity index (χ0) is 17.6. The van der Waals surface area contributed by atoms with Gasteiger partial charge in [0.05, 0.1) is 0 Å². The minimum absolute atomic E-state index is 0.0835.